The highest BCUT2D eigenvalue weighted by atomic mass is 16.6. The third-order valence-electron chi connectivity index (χ3n) is 4.43. The van der Waals surface area contributed by atoms with Gasteiger partial charge in [-0.2, -0.15) is 0 Å². The average molecular weight is 465 g/mol. The van der Waals surface area contributed by atoms with Gasteiger partial charge in [-0.05, 0) is 37.3 Å². The zero-order valence-electron chi connectivity index (χ0n) is 18.7. The largest absolute Gasteiger partial charge is 0.370 e. The number of nitrogens with zero attached hydrogens (tertiary/aromatic N) is 2. The minimum absolute atomic E-state index is 0.0913. The van der Waals surface area contributed by atoms with E-state index in [4.69, 9.17) is 17.2 Å². The van der Waals surface area contributed by atoms with Gasteiger partial charge in [0.2, 0.25) is 17.7 Å². The second kappa shape index (κ2) is 13.6. The van der Waals surface area contributed by atoms with E-state index in [9.17, 15) is 24.5 Å². The van der Waals surface area contributed by atoms with Crippen LogP contribution in [0.1, 0.15) is 33.1 Å². The fraction of sp³-hybridized carbons (Fsp3) is 0.500. The van der Waals surface area contributed by atoms with Gasteiger partial charge in [0.05, 0.1) is 17.5 Å². The maximum atomic E-state index is 12.7. The first-order valence-electron chi connectivity index (χ1n) is 10.4. The molecule has 33 heavy (non-hydrogen) atoms. The molecule has 0 aliphatic carbocycles. The van der Waals surface area contributed by atoms with Gasteiger partial charge in [0.15, 0.2) is 5.96 Å². The quantitative estimate of drug-likeness (QED) is 0.0736. The summed E-state index contributed by atoms with van der Waals surface area (Å²) in [5.41, 5.74) is 16.6. The summed E-state index contributed by atoms with van der Waals surface area (Å²) >= 11 is 0. The molecule has 0 aromatic heterocycles. The smallest absolute Gasteiger partial charge is 0.269 e. The lowest BCUT2D eigenvalue weighted by Crippen LogP contribution is -2.49. The molecule has 0 spiro atoms. The SMILES string of the molecule is CC(C)C[C@@H](N)C(=O)NCC(=O)N[C@@H](CCCN=C(N)N)C(=O)Nc1ccc([N+](=O)[O-])cc1. The predicted octanol–water partition coefficient (Wildman–Crippen LogP) is -0.439. The molecule has 0 fully saturated rings. The van der Waals surface area contributed by atoms with Gasteiger partial charge in [-0.1, -0.05) is 13.8 Å². The molecule has 0 bridgehead atoms. The van der Waals surface area contributed by atoms with Gasteiger partial charge in [0.25, 0.3) is 5.69 Å². The van der Waals surface area contributed by atoms with E-state index in [1.807, 2.05) is 13.8 Å². The van der Waals surface area contributed by atoms with Crippen molar-refractivity contribution in [3.8, 4) is 0 Å². The van der Waals surface area contributed by atoms with Crippen LogP contribution in [0.2, 0.25) is 0 Å². The van der Waals surface area contributed by atoms with E-state index in [1.165, 1.54) is 24.3 Å². The number of hydrogen-bond acceptors (Lipinski definition) is 7. The van der Waals surface area contributed by atoms with Crippen molar-refractivity contribution in [3.05, 3.63) is 34.4 Å². The van der Waals surface area contributed by atoms with Gasteiger partial charge in [-0.25, -0.2) is 0 Å². The molecule has 13 nitrogen and oxygen atoms in total. The van der Waals surface area contributed by atoms with Gasteiger partial charge in [-0.15, -0.1) is 0 Å². The van der Waals surface area contributed by atoms with E-state index in [-0.39, 0.29) is 37.1 Å². The number of carbonyl (C=O) groups excluding carboxylic acids is 3. The minimum atomic E-state index is -0.955. The summed E-state index contributed by atoms with van der Waals surface area (Å²) in [5, 5.41) is 18.4. The maximum Gasteiger partial charge on any atom is 0.269 e. The van der Waals surface area contributed by atoms with Crippen molar-refractivity contribution in [1.29, 1.82) is 0 Å². The van der Waals surface area contributed by atoms with Crippen LogP contribution in [0.15, 0.2) is 29.3 Å². The number of amides is 3. The number of rotatable bonds is 13. The van der Waals surface area contributed by atoms with Gasteiger partial charge >= 0.3 is 0 Å². The lowest BCUT2D eigenvalue weighted by molar-refractivity contribution is -0.384. The molecule has 9 N–H and O–H groups in total. The number of nitrogens with one attached hydrogen (secondary N) is 3. The van der Waals surface area contributed by atoms with Crippen molar-refractivity contribution in [2.75, 3.05) is 18.4 Å². The molecule has 0 aliphatic heterocycles. The molecule has 2 atom stereocenters. The summed E-state index contributed by atoms with van der Waals surface area (Å²) in [6, 6.07) is 3.56. The van der Waals surface area contributed by atoms with Crippen molar-refractivity contribution in [2.45, 2.75) is 45.2 Å². The predicted molar refractivity (Wildman–Crippen MR) is 124 cm³/mol. The number of hydrogen-bond donors (Lipinski definition) is 6. The Morgan fingerprint density at radius 1 is 1.12 bits per heavy atom. The minimum Gasteiger partial charge on any atom is -0.370 e. The second-order valence-corrected chi connectivity index (χ2v) is 7.82. The topological polar surface area (TPSA) is 221 Å². The van der Waals surface area contributed by atoms with Crippen LogP contribution in [-0.2, 0) is 14.4 Å². The molecule has 3 amide bonds. The number of non-ortho nitro benzene ring substituents is 1. The fourth-order valence-corrected chi connectivity index (χ4v) is 2.83. The second-order valence-electron chi connectivity index (χ2n) is 7.82. The molecule has 13 heteroatoms. The first kappa shape index (κ1) is 27.3. The van der Waals surface area contributed by atoms with Crippen LogP contribution in [0.3, 0.4) is 0 Å². The Morgan fingerprint density at radius 3 is 2.30 bits per heavy atom. The Labute approximate surface area is 191 Å². The first-order valence-corrected chi connectivity index (χ1v) is 10.4. The molecule has 0 heterocycles. The van der Waals surface area contributed by atoms with Crippen LogP contribution in [0, 0.1) is 16.0 Å². The van der Waals surface area contributed by atoms with Gasteiger partial charge in [0, 0.05) is 24.4 Å². The number of nitrogens with two attached hydrogens (primary N) is 3. The zero-order chi connectivity index (χ0) is 25.0. The summed E-state index contributed by atoms with van der Waals surface area (Å²) in [4.78, 5) is 51.1. The van der Waals surface area contributed by atoms with Gasteiger partial charge < -0.3 is 33.2 Å². The Hall–Kier alpha value is -3.74. The monoisotopic (exact) mass is 464 g/mol. The van der Waals surface area contributed by atoms with Crippen molar-refractivity contribution in [3.63, 3.8) is 0 Å². The molecule has 0 aliphatic rings. The van der Waals surface area contributed by atoms with Crippen LogP contribution in [0.25, 0.3) is 0 Å². The van der Waals surface area contributed by atoms with E-state index in [0.717, 1.165) is 0 Å². The number of guanidine groups is 1. The molecule has 1 aromatic rings. The van der Waals surface area contributed by atoms with E-state index in [2.05, 4.69) is 20.9 Å². The number of nitro benzene ring substituents is 1. The molecule has 1 aromatic carbocycles. The van der Waals surface area contributed by atoms with Crippen LogP contribution in [-0.4, -0.2) is 53.8 Å². The zero-order valence-corrected chi connectivity index (χ0v) is 18.7. The summed E-state index contributed by atoms with van der Waals surface area (Å²) in [6.45, 7) is 3.76. The maximum absolute atomic E-state index is 12.7. The van der Waals surface area contributed by atoms with Crippen LogP contribution >= 0.6 is 0 Å². The van der Waals surface area contributed by atoms with Crippen LogP contribution in [0.4, 0.5) is 11.4 Å². The Balaban J connectivity index is 2.74. The molecule has 182 valence electrons. The van der Waals surface area contributed by atoms with Crippen molar-refractivity contribution in [1.82, 2.24) is 10.6 Å². The normalized spacial score (nSPS) is 12.4. The van der Waals surface area contributed by atoms with E-state index in [0.29, 0.717) is 18.5 Å². The molecule has 0 radical (unpaired) electrons. The van der Waals surface area contributed by atoms with E-state index in [1.54, 1.807) is 0 Å². The van der Waals surface area contributed by atoms with E-state index >= 15 is 0 Å². The number of carbonyl (C=O) groups is 3. The Kier molecular flexibility index (Phi) is 11.3. The number of aliphatic imine (C=N–C) groups is 1. The number of benzene rings is 1. The summed E-state index contributed by atoms with van der Waals surface area (Å²) < 4.78 is 0. The summed E-state index contributed by atoms with van der Waals surface area (Å²) in [5.74, 6) is -1.45. The molecular weight excluding hydrogens is 432 g/mol. The standard InChI is InChI=1S/C20H32N8O5/c1-12(2)10-15(21)18(30)25-11-17(29)27-16(4-3-9-24-20(22)23)19(31)26-13-5-7-14(8-6-13)28(32)33/h5-8,12,15-16H,3-4,9-11,21H2,1-2H3,(H,25,30)(H,26,31)(H,27,29)(H4,22,23,24)/t15-,16+/m1/s1. The molecular formula is C20H32N8O5. The molecule has 0 saturated carbocycles. The first-order chi connectivity index (χ1) is 15.5. The van der Waals surface area contributed by atoms with Crippen LogP contribution in [0.5, 0.6) is 0 Å². The molecule has 0 saturated heterocycles. The third kappa shape index (κ3) is 10.9. The molecule has 0 unspecified atom stereocenters. The van der Waals surface area contributed by atoms with Gasteiger partial charge in [-0.3, -0.25) is 29.5 Å². The average Bonchev–Trinajstić information content (AvgIpc) is 2.73. The highest BCUT2D eigenvalue weighted by Gasteiger charge is 2.22. The van der Waals surface area contributed by atoms with Crippen molar-refractivity contribution >= 4 is 35.1 Å². The Bertz CT molecular complexity index is 853. The van der Waals surface area contributed by atoms with E-state index < -0.39 is 34.7 Å². The summed E-state index contributed by atoms with van der Waals surface area (Å²) in [6.07, 6.45) is 1.07. The third-order valence-corrected chi connectivity index (χ3v) is 4.43. The number of nitro groups is 1. The fourth-order valence-electron chi connectivity index (χ4n) is 2.83. The van der Waals surface area contributed by atoms with Gasteiger partial charge in [0.1, 0.15) is 6.04 Å². The van der Waals surface area contributed by atoms with Crippen LogP contribution < -0.4 is 33.2 Å². The highest BCUT2D eigenvalue weighted by molar-refractivity contribution is 5.98. The number of anilines is 1. The Morgan fingerprint density at radius 2 is 1.76 bits per heavy atom. The van der Waals surface area contributed by atoms with Crippen molar-refractivity contribution in [2.24, 2.45) is 28.1 Å². The highest BCUT2D eigenvalue weighted by Crippen LogP contribution is 2.16. The van der Waals surface area contributed by atoms with Crippen molar-refractivity contribution < 1.29 is 19.3 Å². The molecule has 1 rings (SSSR count). The lowest BCUT2D eigenvalue weighted by atomic mass is 10.0. The lowest BCUT2D eigenvalue weighted by Gasteiger charge is -2.19. The summed E-state index contributed by atoms with van der Waals surface area (Å²) in [7, 11) is 0.